The van der Waals surface area contributed by atoms with E-state index in [0.717, 1.165) is 12.1 Å². The number of aliphatic hydroxyl groups excluding tert-OH is 1. The highest BCUT2D eigenvalue weighted by molar-refractivity contribution is 9.10. The summed E-state index contributed by atoms with van der Waals surface area (Å²) in [5, 5.41) is 12.8. The Kier molecular flexibility index (Phi) is 8.82. The van der Waals surface area contributed by atoms with Crippen molar-refractivity contribution in [1.82, 2.24) is 0 Å². The van der Waals surface area contributed by atoms with Gasteiger partial charge in [0.05, 0.1) is 17.2 Å². The minimum Gasteiger partial charge on any atom is -0.389 e. The monoisotopic (exact) mass is 347 g/mol. The fraction of sp³-hybridized carbons (Fsp3) is 0.600. The minimum atomic E-state index is -0.565. The van der Waals surface area contributed by atoms with E-state index in [0.29, 0.717) is 24.2 Å². The number of ether oxygens (including phenoxy) is 1. The van der Waals surface area contributed by atoms with E-state index in [-0.39, 0.29) is 5.82 Å². The van der Waals surface area contributed by atoms with Crippen LogP contribution in [0.15, 0.2) is 22.7 Å². The molecular formula is C15H23BrFNO2. The van der Waals surface area contributed by atoms with E-state index in [1.807, 2.05) is 0 Å². The maximum atomic E-state index is 13.0. The maximum Gasteiger partial charge on any atom is 0.137 e. The van der Waals surface area contributed by atoms with Gasteiger partial charge in [-0.3, -0.25) is 0 Å². The smallest absolute Gasteiger partial charge is 0.137 e. The van der Waals surface area contributed by atoms with Gasteiger partial charge in [-0.05, 0) is 40.5 Å². The summed E-state index contributed by atoms with van der Waals surface area (Å²) in [4.78, 5) is 0. The van der Waals surface area contributed by atoms with E-state index < -0.39 is 6.10 Å². The fourth-order valence-electron chi connectivity index (χ4n) is 1.75. The predicted molar refractivity (Wildman–Crippen MR) is 83.6 cm³/mol. The summed E-state index contributed by atoms with van der Waals surface area (Å²) in [7, 11) is 0. The van der Waals surface area contributed by atoms with Crippen molar-refractivity contribution in [2.45, 2.75) is 38.7 Å². The molecule has 0 aliphatic rings. The van der Waals surface area contributed by atoms with Crippen LogP contribution in [0.2, 0.25) is 0 Å². The number of halogens is 2. The van der Waals surface area contributed by atoms with Gasteiger partial charge in [-0.15, -0.1) is 0 Å². The molecule has 0 spiro atoms. The molecule has 20 heavy (non-hydrogen) atoms. The first kappa shape index (κ1) is 17.4. The van der Waals surface area contributed by atoms with Crippen molar-refractivity contribution < 1.29 is 14.2 Å². The quantitative estimate of drug-likeness (QED) is 0.629. The Bertz CT molecular complexity index is 390. The van der Waals surface area contributed by atoms with Gasteiger partial charge in [0.25, 0.3) is 0 Å². The molecule has 0 amide bonds. The number of benzene rings is 1. The third-order valence-electron chi connectivity index (χ3n) is 2.91. The number of rotatable bonds is 10. The van der Waals surface area contributed by atoms with Crippen LogP contribution in [0.1, 0.15) is 32.6 Å². The average molecular weight is 348 g/mol. The molecule has 0 heterocycles. The summed E-state index contributed by atoms with van der Waals surface area (Å²) < 4.78 is 18.9. The molecule has 0 fully saturated rings. The van der Waals surface area contributed by atoms with Crippen LogP contribution in [0, 0.1) is 5.82 Å². The molecule has 1 rings (SSSR count). The predicted octanol–water partition coefficient (Wildman–Crippen LogP) is 3.96. The molecule has 0 radical (unpaired) electrons. The molecule has 1 unspecified atom stereocenters. The number of hydrogen-bond acceptors (Lipinski definition) is 3. The summed E-state index contributed by atoms with van der Waals surface area (Å²) in [6.07, 6.45) is 4.09. The fourth-order valence-corrected chi connectivity index (χ4v) is 2.13. The third kappa shape index (κ3) is 7.22. The molecule has 114 valence electrons. The number of anilines is 1. The number of hydrogen-bond donors (Lipinski definition) is 2. The Morgan fingerprint density at radius 2 is 2.15 bits per heavy atom. The lowest BCUT2D eigenvalue weighted by atomic mass is 10.2. The van der Waals surface area contributed by atoms with Crippen molar-refractivity contribution in [2.24, 2.45) is 0 Å². The zero-order valence-corrected chi connectivity index (χ0v) is 13.5. The molecule has 1 aromatic rings. The summed E-state index contributed by atoms with van der Waals surface area (Å²) in [5.74, 6) is -0.300. The highest BCUT2D eigenvalue weighted by Crippen LogP contribution is 2.19. The van der Waals surface area contributed by atoms with Crippen molar-refractivity contribution in [3.63, 3.8) is 0 Å². The molecular weight excluding hydrogens is 325 g/mol. The normalized spacial score (nSPS) is 12.4. The topological polar surface area (TPSA) is 41.5 Å². The van der Waals surface area contributed by atoms with Gasteiger partial charge in [0.1, 0.15) is 5.82 Å². The second-order valence-electron chi connectivity index (χ2n) is 4.80. The van der Waals surface area contributed by atoms with E-state index >= 15 is 0 Å². The van der Waals surface area contributed by atoms with Crippen molar-refractivity contribution in [3.8, 4) is 0 Å². The Morgan fingerprint density at radius 1 is 1.35 bits per heavy atom. The van der Waals surface area contributed by atoms with Gasteiger partial charge in [-0.2, -0.15) is 0 Å². The molecule has 1 atom stereocenters. The standard InChI is InChI=1S/C15H23BrFNO2/c1-2-3-4-5-8-20-11-13(19)10-18-12-6-7-15(17)14(16)9-12/h6-7,9,13,18-19H,2-5,8,10-11H2,1H3. The zero-order chi connectivity index (χ0) is 14.8. The molecule has 0 aliphatic carbocycles. The lowest BCUT2D eigenvalue weighted by molar-refractivity contribution is 0.0417. The van der Waals surface area contributed by atoms with Crippen molar-refractivity contribution in [3.05, 3.63) is 28.5 Å². The molecule has 1 aromatic carbocycles. The molecule has 3 nitrogen and oxygen atoms in total. The summed E-state index contributed by atoms with van der Waals surface area (Å²) in [6.45, 7) is 3.57. The largest absolute Gasteiger partial charge is 0.389 e. The first-order valence-corrected chi connectivity index (χ1v) is 7.87. The Balaban J connectivity index is 2.13. The number of nitrogens with one attached hydrogen (secondary N) is 1. The van der Waals surface area contributed by atoms with Gasteiger partial charge >= 0.3 is 0 Å². The second-order valence-corrected chi connectivity index (χ2v) is 5.65. The summed E-state index contributed by atoms with van der Waals surface area (Å²) >= 11 is 3.12. The van der Waals surface area contributed by atoms with Crippen molar-refractivity contribution >= 4 is 21.6 Å². The van der Waals surface area contributed by atoms with Crippen LogP contribution in [-0.4, -0.2) is 31.0 Å². The van der Waals surface area contributed by atoms with Crippen LogP contribution in [0.3, 0.4) is 0 Å². The van der Waals surface area contributed by atoms with E-state index in [2.05, 4.69) is 28.2 Å². The Morgan fingerprint density at radius 3 is 2.85 bits per heavy atom. The van der Waals surface area contributed by atoms with Crippen LogP contribution in [-0.2, 0) is 4.74 Å². The summed E-state index contributed by atoms with van der Waals surface area (Å²) in [6, 6.07) is 4.66. The lowest BCUT2D eigenvalue weighted by Gasteiger charge is -2.13. The Labute approximate surface area is 128 Å². The minimum absolute atomic E-state index is 0.300. The van der Waals surface area contributed by atoms with E-state index in [9.17, 15) is 9.50 Å². The molecule has 2 N–H and O–H groups in total. The van der Waals surface area contributed by atoms with Crippen LogP contribution < -0.4 is 5.32 Å². The molecule has 0 aliphatic heterocycles. The third-order valence-corrected chi connectivity index (χ3v) is 3.52. The molecule has 0 saturated heterocycles. The summed E-state index contributed by atoms with van der Waals surface area (Å²) in [5.41, 5.74) is 0.764. The van der Waals surface area contributed by atoms with Gasteiger partial charge in [0.15, 0.2) is 0 Å². The number of unbranched alkanes of at least 4 members (excludes halogenated alkanes) is 3. The van der Waals surface area contributed by atoms with Gasteiger partial charge < -0.3 is 15.2 Å². The van der Waals surface area contributed by atoms with E-state index in [1.165, 1.54) is 25.3 Å². The van der Waals surface area contributed by atoms with Crippen LogP contribution >= 0.6 is 15.9 Å². The number of aliphatic hydroxyl groups is 1. The lowest BCUT2D eigenvalue weighted by Crippen LogP contribution is -2.25. The maximum absolute atomic E-state index is 13.0. The van der Waals surface area contributed by atoms with Gasteiger partial charge in [0, 0.05) is 18.8 Å². The van der Waals surface area contributed by atoms with Gasteiger partial charge in [0.2, 0.25) is 0 Å². The Hall–Kier alpha value is -0.650. The van der Waals surface area contributed by atoms with Gasteiger partial charge in [-0.1, -0.05) is 26.2 Å². The highest BCUT2D eigenvalue weighted by atomic mass is 79.9. The average Bonchev–Trinajstić information content (AvgIpc) is 2.44. The van der Waals surface area contributed by atoms with E-state index in [1.54, 1.807) is 12.1 Å². The first-order valence-electron chi connectivity index (χ1n) is 7.08. The molecule has 5 heteroatoms. The van der Waals surface area contributed by atoms with E-state index in [4.69, 9.17) is 4.74 Å². The second kappa shape index (κ2) is 10.1. The van der Waals surface area contributed by atoms with Crippen LogP contribution in [0.4, 0.5) is 10.1 Å². The highest BCUT2D eigenvalue weighted by Gasteiger charge is 2.05. The van der Waals surface area contributed by atoms with Crippen molar-refractivity contribution in [2.75, 3.05) is 25.1 Å². The molecule has 0 saturated carbocycles. The molecule has 0 aromatic heterocycles. The van der Waals surface area contributed by atoms with Crippen molar-refractivity contribution in [1.29, 1.82) is 0 Å². The molecule has 0 bridgehead atoms. The first-order chi connectivity index (χ1) is 9.63. The van der Waals surface area contributed by atoms with Crippen LogP contribution in [0.5, 0.6) is 0 Å². The van der Waals surface area contributed by atoms with Crippen LogP contribution in [0.25, 0.3) is 0 Å². The SMILES string of the molecule is CCCCCCOCC(O)CNc1ccc(F)c(Br)c1. The zero-order valence-electron chi connectivity index (χ0n) is 11.9. The van der Waals surface area contributed by atoms with Gasteiger partial charge in [-0.25, -0.2) is 4.39 Å².